The molecule has 1 saturated heterocycles. The van der Waals surface area contributed by atoms with Crippen LogP contribution in [0.2, 0.25) is 10.0 Å². The van der Waals surface area contributed by atoms with Crippen LogP contribution < -0.4 is 5.32 Å². The highest BCUT2D eigenvalue weighted by molar-refractivity contribution is 6.33. The first-order valence-corrected chi connectivity index (χ1v) is 10.4. The Morgan fingerprint density at radius 2 is 1.69 bits per heavy atom. The smallest absolute Gasteiger partial charge is 0.238 e. The SMILES string of the molecule is O=C(CN1CCN(Cc2c(Cl)ccc3cccnc23)CC1)Nc1ccccc1Cl. The first-order chi connectivity index (χ1) is 14.1. The maximum Gasteiger partial charge on any atom is 0.238 e. The first kappa shape index (κ1) is 20.1. The number of benzene rings is 2. The van der Waals surface area contributed by atoms with E-state index in [0.29, 0.717) is 17.3 Å². The van der Waals surface area contributed by atoms with Crippen LogP contribution in [0.1, 0.15) is 5.56 Å². The van der Waals surface area contributed by atoms with Crippen molar-refractivity contribution in [1.29, 1.82) is 0 Å². The molecule has 1 fully saturated rings. The van der Waals surface area contributed by atoms with Gasteiger partial charge in [-0.2, -0.15) is 0 Å². The van der Waals surface area contributed by atoms with Crippen LogP contribution in [0.3, 0.4) is 0 Å². The molecule has 150 valence electrons. The van der Waals surface area contributed by atoms with Crippen molar-refractivity contribution in [3.8, 4) is 0 Å². The predicted molar refractivity (Wildman–Crippen MR) is 119 cm³/mol. The molecule has 0 radical (unpaired) electrons. The van der Waals surface area contributed by atoms with Crippen molar-refractivity contribution in [2.45, 2.75) is 6.54 Å². The third-order valence-electron chi connectivity index (χ3n) is 5.18. The van der Waals surface area contributed by atoms with E-state index in [9.17, 15) is 4.79 Å². The van der Waals surface area contributed by atoms with Gasteiger partial charge < -0.3 is 5.32 Å². The summed E-state index contributed by atoms with van der Waals surface area (Å²) in [7, 11) is 0. The zero-order chi connectivity index (χ0) is 20.2. The van der Waals surface area contributed by atoms with Crippen LogP contribution in [0.15, 0.2) is 54.7 Å². The number of carbonyl (C=O) groups is 1. The topological polar surface area (TPSA) is 48.5 Å². The fourth-order valence-electron chi connectivity index (χ4n) is 3.62. The Labute approximate surface area is 180 Å². The number of hydrogen-bond donors (Lipinski definition) is 1. The molecule has 0 aliphatic carbocycles. The van der Waals surface area contributed by atoms with Gasteiger partial charge in [-0.05, 0) is 24.3 Å². The monoisotopic (exact) mass is 428 g/mol. The summed E-state index contributed by atoms with van der Waals surface area (Å²) in [6, 6.07) is 15.2. The van der Waals surface area contributed by atoms with Crippen LogP contribution in [0.5, 0.6) is 0 Å². The van der Waals surface area contributed by atoms with Gasteiger partial charge in [0.1, 0.15) is 0 Å². The average molecular weight is 429 g/mol. The Bertz CT molecular complexity index is 1020. The maximum absolute atomic E-state index is 12.3. The Morgan fingerprint density at radius 3 is 2.48 bits per heavy atom. The van der Waals surface area contributed by atoms with E-state index in [0.717, 1.165) is 54.2 Å². The molecular formula is C22H22Cl2N4O. The minimum Gasteiger partial charge on any atom is -0.324 e. The number of nitrogens with zero attached hydrogens (tertiary/aromatic N) is 3. The van der Waals surface area contributed by atoms with Crippen molar-refractivity contribution in [1.82, 2.24) is 14.8 Å². The zero-order valence-electron chi connectivity index (χ0n) is 15.9. The Morgan fingerprint density at radius 1 is 0.931 bits per heavy atom. The number of carbonyl (C=O) groups excluding carboxylic acids is 1. The molecule has 5 nitrogen and oxygen atoms in total. The van der Waals surface area contributed by atoms with Crippen molar-refractivity contribution >= 4 is 45.7 Å². The largest absolute Gasteiger partial charge is 0.324 e. The van der Waals surface area contributed by atoms with Crippen LogP contribution in [0, 0.1) is 0 Å². The van der Waals surface area contributed by atoms with Crippen LogP contribution in [0.4, 0.5) is 5.69 Å². The lowest BCUT2D eigenvalue weighted by Gasteiger charge is -2.34. The number of amides is 1. The third kappa shape index (κ3) is 4.87. The van der Waals surface area contributed by atoms with Gasteiger partial charge in [0.25, 0.3) is 0 Å². The highest BCUT2D eigenvalue weighted by atomic mass is 35.5. The van der Waals surface area contributed by atoms with Crippen molar-refractivity contribution in [2.75, 3.05) is 38.0 Å². The van der Waals surface area contributed by atoms with E-state index in [1.54, 1.807) is 18.3 Å². The van der Waals surface area contributed by atoms with Gasteiger partial charge in [-0.1, -0.05) is 47.5 Å². The van der Waals surface area contributed by atoms with Gasteiger partial charge in [-0.25, -0.2) is 0 Å². The maximum atomic E-state index is 12.3. The second kappa shape index (κ2) is 9.09. The number of nitrogens with one attached hydrogen (secondary N) is 1. The number of rotatable bonds is 5. The van der Waals surface area contributed by atoms with Gasteiger partial charge in [-0.3, -0.25) is 19.6 Å². The highest BCUT2D eigenvalue weighted by Gasteiger charge is 2.21. The molecule has 2 aromatic carbocycles. The first-order valence-electron chi connectivity index (χ1n) is 9.61. The van der Waals surface area contributed by atoms with Crippen molar-refractivity contribution in [3.05, 3.63) is 70.3 Å². The summed E-state index contributed by atoms with van der Waals surface area (Å²) in [5, 5.41) is 5.28. The molecule has 1 aliphatic heterocycles. The highest BCUT2D eigenvalue weighted by Crippen LogP contribution is 2.26. The molecule has 4 rings (SSSR count). The van der Waals surface area contributed by atoms with E-state index >= 15 is 0 Å². The molecule has 0 unspecified atom stereocenters. The van der Waals surface area contributed by atoms with Crippen LogP contribution in [0.25, 0.3) is 10.9 Å². The Kier molecular flexibility index (Phi) is 6.31. The summed E-state index contributed by atoms with van der Waals surface area (Å²) >= 11 is 12.6. The molecule has 2 heterocycles. The second-order valence-corrected chi connectivity index (χ2v) is 8.00. The molecular weight excluding hydrogens is 407 g/mol. The van der Waals surface area contributed by atoms with Gasteiger partial charge in [-0.15, -0.1) is 0 Å². The summed E-state index contributed by atoms with van der Waals surface area (Å²) in [6.45, 7) is 4.51. The minimum atomic E-state index is -0.0483. The number of hydrogen-bond acceptors (Lipinski definition) is 4. The zero-order valence-corrected chi connectivity index (χ0v) is 17.5. The molecule has 1 aromatic heterocycles. The molecule has 7 heteroatoms. The van der Waals surface area contributed by atoms with Crippen LogP contribution >= 0.6 is 23.2 Å². The van der Waals surface area contributed by atoms with Crippen LogP contribution in [-0.2, 0) is 11.3 Å². The van der Waals surface area contributed by atoms with Gasteiger partial charge in [0.05, 0.1) is 22.8 Å². The van der Waals surface area contributed by atoms with E-state index in [1.165, 1.54) is 0 Å². The van der Waals surface area contributed by atoms with Gasteiger partial charge in [0.15, 0.2) is 0 Å². The van der Waals surface area contributed by atoms with Gasteiger partial charge >= 0.3 is 0 Å². The third-order valence-corrected chi connectivity index (χ3v) is 5.87. The summed E-state index contributed by atoms with van der Waals surface area (Å²) in [5.74, 6) is -0.0483. The van der Waals surface area contributed by atoms with Crippen molar-refractivity contribution in [2.24, 2.45) is 0 Å². The standard InChI is InChI=1S/C22H22Cl2N4O/c23-18-8-7-16-4-3-9-25-22(16)17(18)14-27-10-12-28(13-11-27)15-21(29)26-20-6-2-1-5-19(20)24/h1-9H,10-15H2,(H,26,29). The summed E-state index contributed by atoms with van der Waals surface area (Å²) in [4.78, 5) is 21.4. The lowest BCUT2D eigenvalue weighted by atomic mass is 10.1. The van der Waals surface area contributed by atoms with Gasteiger partial charge in [0, 0.05) is 54.9 Å². The lowest BCUT2D eigenvalue weighted by Crippen LogP contribution is -2.48. The second-order valence-electron chi connectivity index (χ2n) is 7.18. The average Bonchev–Trinajstić information content (AvgIpc) is 2.73. The van der Waals surface area contributed by atoms with Crippen LogP contribution in [-0.4, -0.2) is 53.4 Å². The fourth-order valence-corrected chi connectivity index (χ4v) is 4.01. The number of halogens is 2. The van der Waals surface area contributed by atoms with Crippen molar-refractivity contribution < 1.29 is 4.79 Å². The van der Waals surface area contributed by atoms with Crippen molar-refractivity contribution in [3.63, 3.8) is 0 Å². The summed E-state index contributed by atoms with van der Waals surface area (Å²) in [5.41, 5.74) is 2.67. The number of aromatic nitrogens is 1. The molecule has 3 aromatic rings. The molecule has 1 aliphatic rings. The molecule has 1 N–H and O–H groups in total. The molecule has 0 atom stereocenters. The lowest BCUT2D eigenvalue weighted by molar-refractivity contribution is -0.117. The Hall–Kier alpha value is -2.18. The molecule has 0 saturated carbocycles. The van der Waals surface area contributed by atoms with E-state index in [4.69, 9.17) is 23.2 Å². The summed E-state index contributed by atoms with van der Waals surface area (Å²) < 4.78 is 0. The fraction of sp³-hybridized carbons (Fsp3) is 0.273. The van der Waals surface area contributed by atoms with Gasteiger partial charge in [0.2, 0.25) is 5.91 Å². The molecule has 0 spiro atoms. The number of fused-ring (bicyclic) bond motifs is 1. The number of anilines is 1. The normalized spacial score (nSPS) is 15.5. The van der Waals surface area contributed by atoms with E-state index in [2.05, 4.69) is 26.2 Å². The molecule has 1 amide bonds. The predicted octanol–water partition coefficient (Wildman–Crippen LogP) is 4.30. The van der Waals surface area contributed by atoms with E-state index < -0.39 is 0 Å². The summed E-state index contributed by atoms with van der Waals surface area (Å²) in [6.07, 6.45) is 1.80. The molecule has 29 heavy (non-hydrogen) atoms. The minimum absolute atomic E-state index is 0.0483. The van der Waals surface area contributed by atoms with E-state index in [1.807, 2.05) is 30.3 Å². The number of piperazine rings is 1. The number of pyridine rings is 1. The quantitative estimate of drug-likeness (QED) is 0.657. The molecule has 0 bridgehead atoms. The number of para-hydroxylation sites is 1. The Balaban J connectivity index is 1.33. The van der Waals surface area contributed by atoms with E-state index in [-0.39, 0.29) is 5.91 Å².